The number of carbonyl (C=O) groups is 1. The molecule has 1 aromatic heterocycles. The molecule has 0 aliphatic heterocycles. The summed E-state index contributed by atoms with van der Waals surface area (Å²) in [4.78, 5) is 25.3. The largest absolute Gasteiger partial charge is 0.485 e. The normalized spacial score (nSPS) is 11.3. The highest BCUT2D eigenvalue weighted by atomic mass is 16.6. The second-order valence-electron chi connectivity index (χ2n) is 8.65. The molecule has 34 heavy (non-hydrogen) atoms. The van der Waals surface area contributed by atoms with Gasteiger partial charge in [-0.3, -0.25) is 9.59 Å². The van der Waals surface area contributed by atoms with Gasteiger partial charge in [-0.25, -0.2) is 0 Å². The molecule has 0 aliphatic rings. The summed E-state index contributed by atoms with van der Waals surface area (Å²) in [6.07, 6.45) is 9.65. The lowest BCUT2D eigenvalue weighted by atomic mass is 10.1. The zero-order valence-electron chi connectivity index (χ0n) is 21.2. The lowest BCUT2D eigenvalue weighted by Crippen LogP contribution is -2.25. The van der Waals surface area contributed by atoms with Gasteiger partial charge in [0.25, 0.3) is 5.56 Å². The van der Waals surface area contributed by atoms with Crippen LogP contribution in [0.15, 0.2) is 58.9 Å². The summed E-state index contributed by atoms with van der Waals surface area (Å²) in [6, 6.07) is 5.75. The molecule has 0 saturated heterocycles. The van der Waals surface area contributed by atoms with Gasteiger partial charge < -0.3 is 19.4 Å². The van der Waals surface area contributed by atoms with Crippen molar-refractivity contribution in [3.63, 3.8) is 0 Å². The average Bonchev–Trinajstić information content (AvgIpc) is 2.78. The van der Waals surface area contributed by atoms with Crippen LogP contribution in [0.1, 0.15) is 60.3 Å². The van der Waals surface area contributed by atoms with Crippen LogP contribution >= 0.6 is 0 Å². The first-order valence-corrected chi connectivity index (χ1v) is 11.9. The van der Waals surface area contributed by atoms with Crippen molar-refractivity contribution in [1.82, 2.24) is 4.57 Å². The number of esters is 1. The lowest BCUT2D eigenvalue weighted by molar-refractivity contribution is -0.132. The van der Waals surface area contributed by atoms with E-state index in [9.17, 15) is 9.59 Å². The van der Waals surface area contributed by atoms with E-state index >= 15 is 0 Å². The monoisotopic (exact) mass is 466 g/mol. The molecule has 0 bridgehead atoms. The van der Waals surface area contributed by atoms with E-state index in [0.29, 0.717) is 18.8 Å². The molecular formula is C28H38N2O4. The van der Waals surface area contributed by atoms with Crippen molar-refractivity contribution in [1.29, 1.82) is 0 Å². The van der Waals surface area contributed by atoms with Crippen molar-refractivity contribution in [3.05, 3.63) is 64.5 Å². The molecule has 1 N–H and O–H groups in total. The maximum atomic E-state index is 13.4. The third kappa shape index (κ3) is 7.65. The van der Waals surface area contributed by atoms with E-state index in [1.54, 1.807) is 10.6 Å². The summed E-state index contributed by atoms with van der Waals surface area (Å²) in [5.41, 5.74) is 3.74. The summed E-state index contributed by atoms with van der Waals surface area (Å²) in [7, 11) is 0. The first kappa shape index (κ1) is 27.0. The number of rotatable bonds is 13. The van der Waals surface area contributed by atoms with Crippen LogP contribution in [0.25, 0.3) is 10.9 Å². The quantitative estimate of drug-likeness (QED) is 0.273. The molecule has 0 atom stereocenters. The Hall–Kier alpha value is -3.28. The molecule has 0 unspecified atom stereocenters. The van der Waals surface area contributed by atoms with Gasteiger partial charge in [0.05, 0.1) is 5.52 Å². The Kier molecular flexibility index (Phi) is 10.7. The molecule has 0 aliphatic carbocycles. The predicted molar refractivity (Wildman–Crippen MR) is 141 cm³/mol. The van der Waals surface area contributed by atoms with Crippen LogP contribution in [0, 0.1) is 0 Å². The summed E-state index contributed by atoms with van der Waals surface area (Å²) >= 11 is 0. The molecule has 2 rings (SSSR count). The van der Waals surface area contributed by atoms with Crippen molar-refractivity contribution in [2.45, 2.75) is 66.8 Å². The number of hydrogen-bond acceptors (Lipinski definition) is 5. The van der Waals surface area contributed by atoms with E-state index in [0.717, 1.165) is 42.3 Å². The van der Waals surface area contributed by atoms with E-state index < -0.39 is 5.97 Å². The minimum absolute atomic E-state index is 0.0569. The van der Waals surface area contributed by atoms with Gasteiger partial charge in [0.2, 0.25) is 5.75 Å². The van der Waals surface area contributed by atoms with Crippen molar-refractivity contribution in [3.8, 4) is 11.5 Å². The molecule has 6 nitrogen and oxygen atoms in total. The number of nitrogens with one attached hydrogen (secondary N) is 1. The Morgan fingerprint density at radius 2 is 1.91 bits per heavy atom. The Bertz CT molecular complexity index is 1120. The van der Waals surface area contributed by atoms with Gasteiger partial charge in [-0.1, -0.05) is 36.6 Å². The highest BCUT2D eigenvalue weighted by Gasteiger charge is 2.21. The summed E-state index contributed by atoms with van der Waals surface area (Å²) in [5.74, 6) is -0.314. The number of unbranched alkanes of at least 4 members (excludes halogenated alkanes) is 1. The number of nitrogens with zero attached hydrogens (tertiary/aromatic N) is 1. The molecule has 2 aromatic rings. The van der Waals surface area contributed by atoms with Crippen LogP contribution in [0.2, 0.25) is 0 Å². The second-order valence-corrected chi connectivity index (χ2v) is 8.65. The van der Waals surface area contributed by atoms with Crippen molar-refractivity contribution in [2.75, 3.05) is 18.5 Å². The van der Waals surface area contributed by atoms with Crippen LogP contribution in [0.5, 0.6) is 11.5 Å². The summed E-state index contributed by atoms with van der Waals surface area (Å²) in [6.45, 7) is 14.8. The Morgan fingerprint density at radius 3 is 2.56 bits per heavy atom. The van der Waals surface area contributed by atoms with Crippen LogP contribution in [0.4, 0.5) is 5.69 Å². The number of anilines is 1. The Labute approximate surface area is 203 Å². The number of hydrogen-bond donors (Lipinski definition) is 1. The molecule has 0 saturated carbocycles. The highest BCUT2D eigenvalue weighted by molar-refractivity contribution is 5.91. The molecule has 184 valence electrons. The standard InChI is InChI=1S/C28H38N2O4/c1-7-9-17-30-25-19-23(29-16-8-2)13-14-24(25)26(27(28(30)32)34-22(6)31)33-18-15-21(5)12-10-11-20(3)4/h8,11,13-15,19,29H,2,7,9-10,12,16-18H2,1,3-6H3. The van der Waals surface area contributed by atoms with Gasteiger partial charge in [0, 0.05) is 31.1 Å². The second kappa shape index (κ2) is 13.4. The van der Waals surface area contributed by atoms with Gasteiger partial charge in [0.1, 0.15) is 6.61 Å². The molecule has 0 amide bonds. The van der Waals surface area contributed by atoms with Gasteiger partial charge in [-0.15, -0.1) is 6.58 Å². The number of benzene rings is 1. The number of aromatic nitrogens is 1. The zero-order chi connectivity index (χ0) is 25.1. The molecule has 0 spiro atoms. The van der Waals surface area contributed by atoms with E-state index in [2.05, 4.69) is 45.7 Å². The lowest BCUT2D eigenvalue weighted by Gasteiger charge is -2.18. The fraction of sp³-hybridized carbons (Fsp3) is 0.429. The first-order chi connectivity index (χ1) is 16.3. The number of carbonyl (C=O) groups excluding carboxylic acids is 1. The van der Waals surface area contributed by atoms with Crippen LogP contribution in [0.3, 0.4) is 0 Å². The molecule has 0 fully saturated rings. The molecular weight excluding hydrogens is 428 g/mol. The van der Waals surface area contributed by atoms with Crippen LogP contribution in [-0.2, 0) is 11.3 Å². The minimum Gasteiger partial charge on any atom is -0.485 e. The molecule has 0 radical (unpaired) electrons. The van der Waals surface area contributed by atoms with Gasteiger partial charge >= 0.3 is 5.97 Å². The summed E-state index contributed by atoms with van der Waals surface area (Å²) < 4.78 is 13.2. The van der Waals surface area contributed by atoms with Crippen LogP contribution < -0.4 is 20.3 Å². The number of aryl methyl sites for hydroxylation is 1. The fourth-order valence-corrected chi connectivity index (χ4v) is 3.57. The molecule has 1 heterocycles. The smallest absolute Gasteiger partial charge is 0.308 e. The predicted octanol–water partition coefficient (Wildman–Crippen LogP) is 6.40. The van der Waals surface area contributed by atoms with Gasteiger partial charge in [-0.05, 0) is 64.3 Å². The van der Waals surface area contributed by atoms with E-state index in [4.69, 9.17) is 9.47 Å². The maximum absolute atomic E-state index is 13.4. The van der Waals surface area contributed by atoms with Gasteiger partial charge in [-0.2, -0.15) is 0 Å². The van der Waals surface area contributed by atoms with E-state index in [1.165, 1.54) is 18.1 Å². The average molecular weight is 467 g/mol. The van der Waals surface area contributed by atoms with Crippen molar-refractivity contribution in [2.24, 2.45) is 0 Å². The van der Waals surface area contributed by atoms with Gasteiger partial charge in [0.15, 0.2) is 5.75 Å². The minimum atomic E-state index is -0.555. The zero-order valence-corrected chi connectivity index (χ0v) is 21.2. The SMILES string of the molecule is C=CCNc1ccc2c(OCC=C(C)CCC=C(C)C)c(OC(C)=O)c(=O)n(CCCC)c2c1. The Balaban J connectivity index is 2.53. The number of allylic oxidation sites excluding steroid dienone is 3. The maximum Gasteiger partial charge on any atom is 0.308 e. The Morgan fingerprint density at radius 1 is 1.15 bits per heavy atom. The van der Waals surface area contributed by atoms with Crippen molar-refractivity contribution >= 4 is 22.6 Å². The number of ether oxygens (including phenoxy) is 2. The third-order valence-corrected chi connectivity index (χ3v) is 5.36. The number of pyridine rings is 1. The topological polar surface area (TPSA) is 69.6 Å². The first-order valence-electron chi connectivity index (χ1n) is 11.9. The third-order valence-electron chi connectivity index (χ3n) is 5.36. The summed E-state index contributed by atoms with van der Waals surface area (Å²) in [5, 5.41) is 4.00. The fourth-order valence-electron chi connectivity index (χ4n) is 3.57. The highest BCUT2D eigenvalue weighted by Crippen LogP contribution is 2.34. The molecule has 6 heteroatoms. The number of fused-ring (bicyclic) bond motifs is 1. The van der Waals surface area contributed by atoms with Crippen LogP contribution in [-0.4, -0.2) is 23.7 Å². The van der Waals surface area contributed by atoms with Crippen molar-refractivity contribution < 1.29 is 14.3 Å². The molecule has 1 aromatic carbocycles. The van der Waals surface area contributed by atoms with E-state index in [1.807, 2.05) is 24.3 Å². The van der Waals surface area contributed by atoms with E-state index in [-0.39, 0.29) is 17.9 Å².